The van der Waals surface area contributed by atoms with Gasteiger partial charge in [-0.1, -0.05) is 19.3 Å². The van der Waals surface area contributed by atoms with Crippen molar-refractivity contribution in [3.8, 4) is 0 Å². The maximum Gasteiger partial charge on any atom is 0.226 e. The number of fused-ring (bicyclic) bond motifs is 1. The van der Waals surface area contributed by atoms with E-state index < -0.39 is 10.0 Å². The summed E-state index contributed by atoms with van der Waals surface area (Å²) >= 11 is 0. The van der Waals surface area contributed by atoms with Crippen molar-refractivity contribution in [3.63, 3.8) is 0 Å². The molecule has 7 nitrogen and oxygen atoms in total. The Balaban J connectivity index is 1.33. The van der Waals surface area contributed by atoms with Gasteiger partial charge in [-0.2, -0.15) is 0 Å². The lowest BCUT2D eigenvalue weighted by atomic mass is 9.74. The molecule has 4 fully saturated rings. The number of piperidine rings is 2. The van der Waals surface area contributed by atoms with E-state index in [2.05, 4.69) is 22.7 Å². The zero-order valence-electron chi connectivity index (χ0n) is 18.7. The van der Waals surface area contributed by atoms with E-state index in [1.807, 2.05) is 0 Å². The number of nitrogens with zero attached hydrogens (tertiary/aromatic N) is 2. The van der Waals surface area contributed by atoms with E-state index in [0.29, 0.717) is 30.8 Å². The standard InChI is InChI=1S/C22H40N4O3S/c1-16-21(22(27)23-15-17-6-4-3-5-7-17)20-14-19(10-13-26(20)24-16)18-8-11-25(12-9-18)30(2,28)29/h16-21,24H,3-15H2,1-2H3,(H,23,27). The molecule has 1 aliphatic carbocycles. The Bertz CT molecular complexity index is 701. The lowest BCUT2D eigenvalue weighted by Gasteiger charge is -2.42. The molecule has 3 saturated heterocycles. The Kier molecular flexibility index (Phi) is 7.07. The highest BCUT2D eigenvalue weighted by atomic mass is 32.2. The van der Waals surface area contributed by atoms with Crippen LogP contribution in [0.4, 0.5) is 0 Å². The summed E-state index contributed by atoms with van der Waals surface area (Å²) in [6.45, 7) is 5.26. The van der Waals surface area contributed by atoms with Gasteiger partial charge in [-0.15, -0.1) is 0 Å². The van der Waals surface area contributed by atoms with Crippen molar-refractivity contribution in [2.45, 2.75) is 76.8 Å². The Morgan fingerprint density at radius 3 is 2.33 bits per heavy atom. The zero-order valence-corrected chi connectivity index (χ0v) is 19.5. The molecule has 0 spiro atoms. The SMILES string of the molecule is CC1NN2CCC(C3CCN(S(C)(=O)=O)CC3)CC2C1C(=O)NCC1CCCCC1. The summed E-state index contributed by atoms with van der Waals surface area (Å²) in [5, 5.41) is 5.61. The fourth-order valence-corrected chi connectivity index (χ4v) is 7.34. The highest BCUT2D eigenvalue weighted by Crippen LogP contribution is 2.39. The Labute approximate surface area is 182 Å². The van der Waals surface area contributed by atoms with Crippen molar-refractivity contribution >= 4 is 15.9 Å². The number of hydrogen-bond acceptors (Lipinski definition) is 5. The predicted molar refractivity (Wildman–Crippen MR) is 118 cm³/mol. The molecule has 4 aliphatic rings. The molecule has 30 heavy (non-hydrogen) atoms. The van der Waals surface area contributed by atoms with Crippen LogP contribution in [0.2, 0.25) is 0 Å². The summed E-state index contributed by atoms with van der Waals surface area (Å²) in [5.41, 5.74) is 3.56. The topological polar surface area (TPSA) is 81.8 Å². The molecule has 3 aliphatic heterocycles. The van der Waals surface area contributed by atoms with Gasteiger partial charge in [-0.05, 0) is 63.2 Å². The number of sulfonamides is 1. The first-order chi connectivity index (χ1) is 14.3. The maximum absolute atomic E-state index is 13.1. The highest BCUT2D eigenvalue weighted by molar-refractivity contribution is 7.88. The second-order valence-corrected chi connectivity index (χ2v) is 12.2. The minimum atomic E-state index is -3.08. The van der Waals surface area contributed by atoms with Crippen molar-refractivity contribution in [3.05, 3.63) is 0 Å². The highest BCUT2D eigenvalue weighted by Gasteiger charge is 2.47. The second kappa shape index (κ2) is 9.43. The summed E-state index contributed by atoms with van der Waals surface area (Å²) in [6, 6.07) is 0.435. The zero-order chi connectivity index (χ0) is 21.3. The number of amides is 1. The largest absolute Gasteiger partial charge is 0.355 e. The van der Waals surface area contributed by atoms with Gasteiger partial charge in [-0.25, -0.2) is 17.7 Å². The summed E-state index contributed by atoms with van der Waals surface area (Å²) in [7, 11) is -3.08. The molecule has 0 aromatic carbocycles. The van der Waals surface area contributed by atoms with E-state index in [1.54, 1.807) is 4.31 Å². The Hall–Kier alpha value is -0.700. The summed E-state index contributed by atoms with van der Waals surface area (Å²) in [4.78, 5) is 13.1. The predicted octanol–water partition coefficient (Wildman–Crippen LogP) is 1.96. The van der Waals surface area contributed by atoms with Crippen molar-refractivity contribution < 1.29 is 13.2 Å². The summed E-state index contributed by atoms with van der Waals surface area (Å²) in [6.07, 6.45) is 11.8. The molecule has 4 unspecified atom stereocenters. The Morgan fingerprint density at radius 1 is 1.00 bits per heavy atom. The first-order valence-corrected chi connectivity index (χ1v) is 13.9. The van der Waals surface area contributed by atoms with E-state index in [0.717, 1.165) is 38.8 Å². The molecular weight excluding hydrogens is 400 g/mol. The van der Waals surface area contributed by atoms with E-state index >= 15 is 0 Å². The van der Waals surface area contributed by atoms with Crippen LogP contribution in [0, 0.1) is 23.7 Å². The molecule has 4 atom stereocenters. The normalized spacial score (nSPS) is 35.3. The van der Waals surface area contributed by atoms with Crippen LogP contribution in [0.5, 0.6) is 0 Å². The first-order valence-electron chi connectivity index (χ1n) is 12.1. The number of carbonyl (C=O) groups is 1. The van der Waals surface area contributed by atoms with Crippen molar-refractivity contribution in [2.75, 3.05) is 32.4 Å². The molecule has 1 amide bonds. The van der Waals surface area contributed by atoms with Crippen molar-refractivity contribution in [1.29, 1.82) is 0 Å². The van der Waals surface area contributed by atoms with Crippen LogP contribution < -0.4 is 10.7 Å². The molecule has 0 aromatic rings. The number of nitrogens with one attached hydrogen (secondary N) is 2. The molecular formula is C22H40N4O3S. The number of rotatable bonds is 5. The molecule has 8 heteroatoms. The first kappa shape index (κ1) is 22.5. The van der Waals surface area contributed by atoms with E-state index in [1.165, 1.54) is 38.4 Å². The molecule has 4 rings (SSSR count). The van der Waals surface area contributed by atoms with Crippen LogP contribution in [-0.2, 0) is 14.8 Å². The van der Waals surface area contributed by atoms with Crippen molar-refractivity contribution in [2.24, 2.45) is 23.7 Å². The van der Waals surface area contributed by atoms with Crippen LogP contribution in [0.3, 0.4) is 0 Å². The van der Waals surface area contributed by atoms with Gasteiger partial charge in [-0.3, -0.25) is 10.2 Å². The van der Waals surface area contributed by atoms with Gasteiger partial charge in [0.1, 0.15) is 0 Å². The van der Waals surface area contributed by atoms with Gasteiger partial charge in [0, 0.05) is 38.3 Å². The van der Waals surface area contributed by atoms with Gasteiger partial charge in [0.05, 0.1) is 12.2 Å². The smallest absolute Gasteiger partial charge is 0.226 e. The van der Waals surface area contributed by atoms with Crippen LogP contribution >= 0.6 is 0 Å². The molecule has 172 valence electrons. The second-order valence-electron chi connectivity index (χ2n) is 10.2. The summed E-state index contributed by atoms with van der Waals surface area (Å²) < 4.78 is 25.3. The summed E-state index contributed by atoms with van der Waals surface area (Å²) in [5.74, 6) is 2.05. The van der Waals surface area contributed by atoms with Gasteiger partial charge in [0.15, 0.2) is 0 Å². The number of hydrazine groups is 1. The molecule has 2 N–H and O–H groups in total. The van der Waals surface area contributed by atoms with E-state index in [9.17, 15) is 13.2 Å². The molecule has 0 aromatic heterocycles. The van der Waals surface area contributed by atoms with Gasteiger partial charge >= 0.3 is 0 Å². The quantitative estimate of drug-likeness (QED) is 0.683. The monoisotopic (exact) mass is 440 g/mol. The van der Waals surface area contributed by atoms with Gasteiger partial charge < -0.3 is 5.32 Å². The molecule has 1 saturated carbocycles. The lowest BCUT2D eigenvalue weighted by molar-refractivity contribution is -0.126. The van der Waals surface area contributed by atoms with Crippen molar-refractivity contribution in [1.82, 2.24) is 20.1 Å². The van der Waals surface area contributed by atoms with Crippen LogP contribution in [0.1, 0.15) is 64.7 Å². The maximum atomic E-state index is 13.1. The average Bonchev–Trinajstić information content (AvgIpc) is 3.07. The minimum Gasteiger partial charge on any atom is -0.355 e. The third-order valence-corrected chi connectivity index (χ3v) is 9.54. The fourth-order valence-electron chi connectivity index (χ4n) is 6.46. The van der Waals surface area contributed by atoms with Gasteiger partial charge in [0.2, 0.25) is 15.9 Å². The molecule has 3 heterocycles. The van der Waals surface area contributed by atoms with Crippen LogP contribution in [-0.4, -0.2) is 68.2 Å². The fraction of sp³-hybridized carbons (Fsp3) is 0.955. The molecule has 0 radical (unpaired) electrons. The van der Waals surface area contributed by atoms with E-state index in [4.69, 9.17) is 0 Å². The lowest BCUT2D eigenvalue weighted by Crippen LogP contribution is -2.49. The minimum absolute atomic E-state index is 0.00694. The Morgan fingerprint density at radius 2 is 1.67 bits per heavy atom. The number of hydrogen-bond donors (Lipinski definition) is 2. The average molecular weight is 441 g/mol. The number of carbonyl (C=O) groups excluding carboxylic acids is 1. The van der Waals surface area contributed by atoms with E-state index in [-0.39, 0.29) is 23.9 Å². The molecule has 0 bridgehead atoms. The third-order valence-electron chi connectivity index (χ3n) is 8.23. The third kappa shape index (κ3) is 5.03. The van der Waals surface area contributed by atoms with Gasteiger partial charge in [0.25, 0.3) is 0 Å². The van der Waals surface area contributed by atoms with Crippen LogP contribution in [0.25, 0.3) is 0 Å². The van der Waals surface area contributed by atoms with Crippen LogP contribution in [0.15, 0.2) is 0 Å².